The summed E-state index contributed by atoms with van der Waals surface area (Å²) in [6.45, 7) is 6.26. The number of Topliss-reactive ketones (excluding diaryl/α,β-unsaturated/α-hetero) is 1. The number of hydrogen-bond acceptors (Lipinski definition) is 5. The molecular weight excluding hydrogens is 298 g/mol. The number of ketones is 1. The van der Waals surface area contributed by atoms with Gasteiger partial charge in [0.25, 0.3) is 0 Å². The lowest BCUT2D eigenvalue weighted by atomic mass is 10.0. The maximum absolute atomic E-state index is 11.9. The van der Waals surface area contributed by atoms with Crippen molar-refractivity contribution in [3.8, 4) is 0 Å². The van der Waals surface area contributed by atoms with E-state index in [0.717, 1.165) is 67.6 Å². The van der Waals surface area contributed by atoms with Crippen molar-refractivity contribution in [1.29, 1.82) is 0 Å². The van der Waals surface area contributed by atoms with Crippen molar-refractivity contribution in [1.82, 2.24) is 14.8 Å². The highest BCUT2D eigenvalue weighted by molar-refractivity contribution is 7.13. The van der Waals surface area contributed by atoms with E-state index >= 15 is 0 Å². The molecule has 5 nitrogen and oxygen atoms in total. The summed E-state index contributed by atoms with van der Waals surface area (Å²) >= 11 is 1.57. The Bertz CT molecular complexity index is 562. The largest absolute Gasteiger partial charge is 0.340 e. The Labute approximate surface area is 135 Å². The van der Waals surface area contributed by atoms with Crippen molar-refractivity contribution in [2.45, 2.75) is 45.6 Å². The number of rotatable bonds is 4. The van der Waals surface area contributed by atoms with E-state index in [1.165, 1.54) is 0 Å². The van der Waals surface area contributed by atoms with Crippen molar-refractivity contribution >= 4 is 23.0 Å². The van der Waals surface area contributed by atoms with E-state index in [2.05, 4.69) is 9.88 Å². The van der Waals surface area contributed by atoms with Crippen molar-refractivity contribution in [2.75, 3.05) is 26.2 Å². The number of aromatic nitrogens is 1. The van der Waals surface area contributed by atoms with Gasteiger partial charge in [0.2, 0.25) is 5.91 Å². The SMILES string of the molecule is CCCC(=O)N1CCN(Cc2nc3c(s2)C(=O)CCC3)CC1. The van der Waals surface area contributed by atoms with E-state index < -0.39 is 0 Å². The van der Waals surface area contributed by atoms with Crippen LogP contribution in [0, 0.1) is 0 Å². The van der Waals surface area contributed by atoms with E-state index in [0.29, 0.717) is 12.8 Å². The predicted molar refractivity (Wildman–Crippen MR) is 86.1 cm³/mol. The zero-order valence-electron chi connectivity index (χ0n) is 13.1. The second-order valence-electron chi connectivity index (χ2n) is 6.07. The van der Waals surface area contributed by atoms with Crippen LogP contribution in [-0.4, -0.2) is 52.7 Å². The van der Waals surface area contributed by atoms with Crippen LogP contribution < -0.4 is 0 Å². The lowest BCUT2D eigenvalue weighted by Crippen LogP contribution is -2.48. The molecule has 2 heterocycles. The highest BCUT2D eigenvalue weighted by atomic mass is 32.1. The molecular formula is C16H23N3O2S. The van der Waals surface area contributed by atoms with Crippen molar-refractivity contribution in [3.05, 3.63) is 15.6 Å². The van der Waals surface area contributed by atoms with Crippen LogP contribution in [0.3, 0.4) is 0 Å². The van der Waals surface area contributed by atoms with Crippen LogP contribution >= 0.6 is 11.3 Å². The van der Waals surface area contributed by atoms with Crippen LogP contribution in [-0.2, 0) is 17.8 Å². The fourth-order valence-corrected chi connectivity index (χ4v) is 4.22. The summed E-state index contributed by atoms with van der Waals surface area (Å²) in [6, 6.07) is 0. The molecule has 120 valence electrons. The summed E-state index contributed by atoms with van der Waals surface area (Å²) in [7, 11) is 0. The first-order chi connectivity index (χ1) is 10.7. The summed E-state index contributed by atoms with van der Waals surface area (Å²) < 4.78 is 0. The molecule has 0 atom stereocenters. The van der Waals surface area contributed by atoms with E-state index in [-0.39, 0.29) is 11.7 Å². The molecule has 3 rings (SSSR count). The molecule has 0 unspecified atom stereocenters. The molecule has 6 heteroatoms. The topological polar surface area (TPSA) is 53.5 Å². The van der Waals surface area contributed by atoms with Crippen molar-refractivity contribution in [2.24, 2.45) is 0 Å². The summed E-state index contributed by atoms with van der Waals surface area (Å²) in [5.74, 6) is 0.539. The smallest absolute Gasteiger partial charge is 0.222 e. The first-order valence-corrected chi connectivity index (χ1v) is 9.01. The highest BCUT2D eigenvalue weighted by Gasteiger charge is 2.24. The summed E-state index contributed by atoms with van der Waals surface area (Å²) in [4.78, 5) is 33.6. The summed E-state index contributed by atoms with van der Waals surface area (Å²) in [5, 5.41) is 1.05. The van der Waals surface area contributed by atoms with Gasteiger partial charge in [-0.15, -0.1) is 11.3 Å². The number of carbonyl (C=O) groups is 2. The molecule has 1 aromatic heterocycles. The minimum absolute atomic E-state index is 0.264. The number of thiazole rings is 1. The van der Waals surface area contributed by atoms with Gasteiger partial charge in [-0.05, 0) is 19.3 Å². The molecule has 0 aromatic carbocycles. The first kappa shape index (κ1) is 15.6. The maximum Gasteiger partial charge on any atom is 0.222 e. The van der Waals surface area contributed by atoms with Crippen LogP contribution in [0.15, 0.2) is 0 Å². The highest BCUT2D eigenvalue weighted by Crippen LogP contribution is 2.27. The molecule has 0 spiro atoms. The Morgan fingerprint density at radius 1 is 1.23 bits per heavy atom. The van der Waals surface area contributed by atoms with Gasteiger partial charge in [0.15, 0.2) is 5.78 Å². The summed E-state index contributed by atoms with van der Waals surface area (Å²) in [5.41, 5.74) is 1.01. The van der Waals surface area contributed by atoms with Crippen molar-refractivity contribution < 1.29 is 9.59 Å². The van der Waals surface area contributed by atoms with Crippen LogP contribution in [0.2, 0.25) is 0 Å². The third kappa shape index (κ3) is 3.38. The number of fused-ring (bicyclic) bond motifs is 1. The van der Waals surface area contributed by atoms with Crippen LogP contribution in [0.4, 0.5) is 0 Å². The molecule has 0 saturated carbocycles. The number of hydrogen-bond donors (Lipinski definition) is 0. The van der Waals surface area contributed by atoms with Gasteiger partial charge >= 0.3 is 0 Å². The molecule has 1 fully saturated rings. The summed E-state index contributed by atoms with van der Waals surface area (Å²) in [6.07, 6.45) is 4.12. The van der Waals surface area contributed by atoms with Gasteiger partial charge in [-0.1, -0.05) is 6.92 Å². The average molecular weight is 321 g/mol. The zero-order valence-corrected chi connectivity index (χ0v) is 14.0. The van der Waals surface area contributed by atoms with Gasteiger partial charge < -0.3 is 4.90 Å². The van der Waals surface area contributed by atoms with Gasteiger partial charge in [-0.3, -0.25) is 14.5 Å². The van der Waals surface area contributed by atoms with Gasteiger partial charge in [0.05, 0.1) is 17.1 Å². The standard InChI is InChI=1S/C16H23N3O2S/c1-2-4-15(21)19-9-7-18(8-10-19)11-14-17-12-5-3-6-13(20)16(12)22-14/h2-11H2,1H3. The molecule has 0 radical (unpaired) electrons. The number of piperazine rings is 1. The van der Waals surface area contributed by atoms with Gasteiger partial charge in [-0.25, -0.2) is 4.98 Å². The van der Waals surface area contributed by atoms with Gasteiger partial charge in [-0.2, -0.15) is 0 Å². The van der Waals surface area contributed by atoms with Crippen molar-refractivity contribution in [3.63, 3.8) is 0 Å². The Balaban J connectivity index is 1.55. The maximum atomic E-state index is 11.9. The second kappa shape index (κ2) is 6.87. The van der Waals surface area contributed by atoms with Gasteiger partial charge in [0, 0.05) is 39.0 Å². The quantitative estimate of drug-likeness (QED) is 0.852. The normalized spacial score (nSPS) is 19.3. The number of aryl methyl sites for hydroxylation is 1. The second-order valence-corrected chi connectivity index (χ2v) is 7.15. The molecule has 1 aliphatic carbocycles. The molecule has 1 amide bonds. The monoisotopic (exact) mass is 321 g/mol. The third-order valence-electron chi connectivity index (χ3n) is 4.36. The third-order valence-corrected chi connectivity index (χ3v) is 5.48. The molecule has 2 aliphatic rings. The zero-order chi connectivity index (χ0) is 15.5. The van der Waals surface area contributed by atoms with Crippen LogP contribution in [0.5, 0.6) is 0 Å². The lowest BCUT2D eigenvalue weighted by Gasteiger charge is -2.34. The van der Waals surface area contributed by atoms with Crippen LogP contribution in [0.25, 0.3) is 0 Å². The minimum atomic E-state index is 0.264. The van der Waals surface area contributed by atoms with E-state index in [9.17, 15) is 9.59 Å². The Morgan fingerprint density at radius 2 is 2.00 bits per heavy atom. The molecule has 1 aromatic rings. The molecule has 1 aliphatic heterocycles. The Hall–Kier alpha value is -1.27. The first-order valence-electron chi connectivity index (χ1n) is 8.19. The average Bonchev–Trinajstić information content (AvgIpc) is 2.92. The molecule has 22 heavy (non-hydrogen) atoms. The lowest BCUT2D eigenvalue weighted by molar-refractivity contribution is -0.133. The number of nitrogens with zero attached hydrogens (tertiary/aromatic N) is 3. The minimum Gasteiger partial charge on any atom is -0.340 e. The predicted octanol–water partition coefficient (Wildman–Crippen LogP) is 2.11. The van der Waals surface area contributed by atoms with E-state index in [4.69, 9.17) is 0 Å². The Morgan fingerprint density at radius 3 is 2.68 bits per heavy atom. The molecule has 0 N–H and O–H groups in total. The van der Waals surface area contributed by atoms with E-state index in [1.54, 1.807) is 11.3 Å². The molecule has 1 saturated heterocycles. The fourth-order valence-electron chi connectivity index (χ4n) is 3.10. The molecule has 0 bridgehead atoms. The number of carbonyl (C=O) groups excluding carboxylic acids is 2. The fraction of sp³-hybridized carbons (Fsp3) is 0.688. The number of amides is 1. The van der Waals surface area contributed by atoms with Crippen LogP contribution in [0.1, 0.15) is 53.0 Å². The Kier molecular flexibility index (Phi) is 4.88. The van der Waals surface area contributed by atoms with Gasteiger partial charge in [0.1, 0.15) is 5.01 Å². The van der Waals surface area contributed by atoms with E-state index in [1.807, 2.05) is 11.8 Å².